The minimum absolute atomic E-state index is 0.0719. The van der Waals surface area contributed by atoms with E-state index in [0.29, 0.717) is 30.0 Å². The molecule has 0 saturated carbocycles. The number of nitriles is 1. The van der Waals surface area contributed by atoms with Gasteiger partial charge in [-0.3, -0.25) is 4.79 Å². The van der Waals surface area contributed by atoms with Crippen molar-refractivity contribution >= 4 is 11.6 Å². The Morgan fingerprint density at radius 1 is 1.25 bits per heavy atom. The number of hydrogen-bond acceptors (Lipinski definition) is 4. The normalized spacial score (nSPS) is 9.92. The van der Waals surface area contributed by atoms with Crippen LogP contribution in [-0.2, 0) is 6.54 Å². The lowest BCUT2D eigenvalue weighted by Crippen LogP contribution is -2.21. The van der Waals surface area contributed by atoms with Gasteiger partial charge in [-0.2, -0.15) is 5.26 Å². The molecular formula is C19H21N3O2. The molecule has 124 valence electrons. The van der Waals surface area contributed by atoms with E-state index in [1.165, 1.54) is 4.90 Å². The van der Waals surface area contributed by atoms with Crippen LogP contribution < -0.4 is 10.1 Å². The van der Waals surface area contributed by atoms with Gasteiger partial charge in [0.2, 0.25) is 0 Å². The molecule has 0 aliphatic carbocycles. The number of carbonyl (C=O) groups is 1. The summed E-state index contributed by atoms with van der Waals surface area (Å²) in [6.45, 7) is 2.91. The van der Waals surface area contributed by atoms with Gasteiger partial charge in [0.1, 0.15) is 5.75 Å². The zero-order valence-electron chi connectivity index (χ0n) is 14.2. The highest BCUT2D eigenvalue weighted by atomic mass is 16.5. The molecule has 0 aliphatic rings. The summed E-state index contributed by atoms with van der Waals surface area (Å²) in [4.78, 5) is 13.6. The van der Waals surface area contributed by atoms with Crippen molar-refractivity contribution < 1.29 is 9.53 Å². The zero-order valence-corrected chi connectivity index (χ0v) is 14.2. The molecule has 0 atom stereocenters. The van der Waals surface area contributed by atoms with Crippen LogP contribution in [0, 0.1) is 11.3 Å². The van der Waals surface area contributed by atoms with Crippen molar-refractivity contribution in [1.82, 2.24) is 4.90 Å². The average Bonchev–Trinajstić information content (AvgIpc) is 2.60. The van der Waals surface area contributed by atoms with Crippen LogP contribution in [-0.4, -0.2) is 31.5 Å². The van der Waals surface area contributed by atoms with Crippen LogP contribution >= 0.6 is 0 Å². The minimum atomic E-state index is -0.0719. The van der Waals surface area contributed by atoms with Gasteiger partial charge in [0.25, 0.3) is 5.91 Å². The Balaban J connectivity index is 2.23. The number of anilines is 1. The molecule has 0 unspecified atom stereocenters. The van der Waals surface area contributed by atoms with E-state index in [1.807, 2.05) is 31.2 Å². The average molecular weight is 323 g/mol. The molecule has 0 aliphatic heterocycles. The molecular weight excluding hydrogens is 302 g/mol. The third-order valence-electron chi connectivity index (χ3n) is 3.54. The highest BCUT2D eigenvalue weighted by molar-refractivity contribution is 5.95. The van der Waals surface area contributed by atoms with E-state index >= 15 is 0 Å². The fourth-order valence-electron chi connectivity index (χ4n) is 2.31. The van der Waals surface area contributed by atoms with Gasteiger partial charge in [-0.15, -0.1) is 0 Å². The van der Waals surface area contributed by atoms with Crippen LogP contribution in [0.3, 0.4) is 0 Å². The van der Waals surface area contributed by atoms with Crippen molar-refractivity contribution in [2.45, 2.75) is 13.5 Å². The lowest BCUT2D eigenvalue weighted by atomic mass is 10.1. The summed E-state index contributed by atoms with van der Waals surface area (Å²) in [6, 6.07) is 15.0. The van der Waals surface area contributed by atoms with E-state index < -0.39 is 0 Å². The predicted molar refractivity (Wildman–Crippen MR) is 94.1 cm³/mol. The number of benzene rings is 2. The van der Waals surface area contributed by atoms with Crippen molar-refractivity contribution in [3.63, 3.8) is 0 Å². The maximum atomic E-state index is 12.1. The Kier molecular flexibility index (Phi) is 5.80. The molecule has 0 fully saturated rings. The van der Waals surface area contributed by atoms with Crippen LogP contribution in [0.4, 0.5) is 5.69 Å². The van der Waals surface area contributed by atoms with Crippen LogP contribution in [0.2, 0.25) is 0 Å². The number of nitrogens with zero attached hydrogens (tertiary/aromatic N) is 2. The van der Waals surface area contributed by atoms with Crippen LogP contribution in [0.5, 0.6) is 5.75 Å². The highest BCUT2D eigenvalue weighted by Gasteiger charge is 2.12. The number of hydrogen-bond donors (Lipinski definition) is 1. The molecule has 24 heavy (non-hydrogen) atoms. The van der Waals surface area contributed by atoms with E-state index in [9.17, 15) is 4.79 Å². The van der Waals surface area contributed by atoms with Crippen LogP contribution in [0.15, 0.2) is 42.5 Å². The molecule has 5 nitrogen and oxygen atoms in total. The van der Waals surface area contributed by atoms with Gasteiger partial charge in [0.15, 0.2) is 0 Å². The van der Waals surface area contributed by atoms with Crippen molar-refractivity contribution in [1.29, 1.82) is 5.26 Å². The SMILES string of the molecule is CCOc1cc(C(=O)N(C)C)ccc1NCc1ccccc1C#N. The van der Waals surface area contributed by atoms with Crippen molar-refractivity contribution in [3.8, 4) is 11.8 Å². The largest absolute Gasteiger partial charge is 0.492 e. The predicted octanol–water partition coefficient (Wildman–Crippen LogP) is 3.27. The Hall–Kier alpha value is -3.00. The number of carbonyl (C=O) groups excluding carboxylic acids is 1. The summed E-state index contributed by atoms with van der Waals surface area (Å²) < 4.78 is 5.65. The van der Waals surface area contributed by atoms with Gasteiger partial charge in [-0.1, -0.05) is 18.2 Å². The molecule has 2 aromatic carbocycles. The second kappa shape index (κ2) is 8.02. The molecule has 0 spiro atoms. The monoisotopic (exact) mass is 323 g/mol. The molecule has 0 aromatic heterocycles. The van der Waals surface area contributed by atoms with Crippen LogP contribution in [0.25, 0.3) is 0 Å². The van der Waals surface area contributed by atoms with Gasteiger partial charge >= 0.3 is 0 Å². The second-order valence-electron chi connectivity index (χ2n) is 5.47. The van der Waals surface area contributed by atoms with E-state index in [-0.39, 0.29) is 5.91 Å². The number of ether oxygens (including phenoxy) is 1. The Bertz CT molecular complexity index is 763. The summed E-state index contributed by atoms with van der Waals surface area (Å²) in [5.41, 5.74) is 2.92. The molecule has 1 amide bonds. The van der Waals surface area contributed by atoms with E-state index in [4.69, 9.17) is 10.00 Å². The van der Waals surface area contributed by atoms with Crippen molar-refractivity contribution in [2.24, 2.45) is 0 Å². The lowest BCUT2D eigenvalue weighted by Gasteiger charge is -2.16. The minimum Gasteiger partial charge on any atom is -0.492 e. The summed E-state index contributed by atoms with van der Waals surface area (Å²) in [5, 5.41) is 12.4. The molecule has 5 heteroatoms. The third kappa shape index (κ3) is 4.05. The molecule has 0 saturated heterocycles. The third-order valence-corrected chi connectivity index (χ3v) is 3.54. The standard InChI is InChI=1S/C19H21N3O2/c1-4-24-18-11-14(19(23)22(2)3)9-10-17(18)21-13-16-8-6-5-7-15(16)12-20/h5-11,21H,4,13H2,1-3H3. The summed E-state index contributed by atoms with van der Waals surface area (Å²) in [6.07, 6.45) is 0. The molecule has 2 rings (SSSR count). The molecule has 0 heterocycles. The maximum absolute atomic E-state index is 12.1. The lowest BCUT2D eigenvalue weighted by molar-refractivity contribution is 0.0827. The smallest absolute Gasteiger partial charge is 0.253 e. The van der Waals surface area contributed by atoms with Gasteiger partial charge in [0, 0.05) is 26.2 Å². The fourth-order valence-corrected chi connectivity index (χ4v) is 2.31. The fraction of sp³-hybridized carbons (Fsp3) is 0.263. The molecule has 1 N–H and O–H groups in total. The Morgan fingerprint density at radius 3 is 2.67 bits per heavy atom. The van der Waals surface area contributed by atoms with Gasteiger partial charge in [0.05, 0.1) is 23.9 Å². The van der Waals surface area contributed by atoms with E-state index in [0.717, 1.165) is 11.3 Å². The Morgan fingerprint density at radius 2 is 2.00 bits per heavy atom. The molecule has 0 bridgehead atoms. The Labute approximate surface area is 142 Å². The van der Waals surface area contributed by atoms with Crippen molar-refractivity contribution in [2.75, 3.05) is 26.0 Å². The highest BCUT2D eigenvalue weighted by Crippen LogP contribution is 2.27. The van der Waals surface area contributed by atoms with Crippen LogP contribution in [0.1, 0.15) is 28.4 Å². The number of nitrogens with one attached hydrogen (secondary N) is 1. The number of rotatable bonds is 6. The first-order valence-electron chi connectivity index (χ1n) is 7.77. The topological polar surface area (TPSA) is 65.4 Å². The van der Waals surface area contributed by atoms with E-state index in [2.05, 4.69) is 11.4 Å². The second-order valence-corrected chi connectivity index (χ2v) is 5.47. The molecule has 0 radical (unpaired) electrons. The van der Waals surface area contributed by atoms with Gasteiger partial charge < -0.3 is 15.0 Å². The molecule has 2 aromatic rings. The summed E-state index contributed by atoms with van der Waals surface area (Å²) in [5.74, 6) is 0.553. The first-order chi connectivity index (χ1) is 11.6. The van der Waals surface area contributed by atoms with E-state index in [1.54, 1.807) is 32.3 Å². The zero-order chi connectivity index (χ0) is 17.5. The summed E-state index contributed by atoms with van der Waals surface area (Å²) >= 11 is 0. The first kappa shape index (κ1) is 17.4. The first-order valence-corrected chi connectivity index (χ1v) is 7.77. The van der Waals surface area contributed by atoms with Crippen molar-refractivity contribution in [3.05, 3.63) is 59.2 Å². The van der Waals surface area contributed by atoms with Gasteiger partial charge in [-0.05, 0) is 36.8 Å². The quantitative estimate of drug-likeness (QED) is 0.886. The van der Waals surface area contributed by atoms with Gasteiger partial charge in [-0.25, -0.2) is 0 Å². The number of amides is 1. The maximum Gasteiger partial charge on any atom is 0.253 e. The summed E-state index contributed by atoms with van der Waals surface area (Å²) in [7, 11) is 3.43.